The maximum Gasteiger partial charge on any atom is 0.475 e. The number of para-hydroxylation sites is 1. The summed E-state index contributed by atoms with van der Waals surface area (Å²) in [5, 5.41) is 23.1. The number of fused-ring (bicyclic) bond motifs is 1. The van der Waals surface area contributed by atoms with Gasteiger partial charge < -0.3 is 24.7 Å². The number of hydrogen-bond donors (Lipinski definition) is 3. The monoisotopic (exact) mass is 406 g/mol. The third-order valence-electron chi connectivity index (χ3n) is 5.39. The van der Waals surface area contributed by atoms with Crippen LogP contribution in [-0.2, 0) is 22.4 Å². The highest BCUT2D eigenvalue weighted by atomic mass is 16.4. The Bertz CT molecular complexity index is 1050. The topological polar surface area (TPSA) is 103 Å². The number of furan rings is 1. The first-order valence-electron chi connectivity index (χ1n) is 10.0. The van der Waals surface area contributed by atoms with Gasteiger partial charge in [-0.05, 0) is 42.2 Å². The molecule has 0 aliphatic carbocycles. The molecule has 1 aromatic heterocycles. The van der Waals surface area contributed by atoms with Gasteiger partial charge >= 0.3 is 7.12 Å². The Balaban J connectivity index is 1.39. The summed E-state index contributed by atoms with van der Waals surface area (Å²) in [4.78, 5) is 26.1. The summed E-state index contributed by atoms with van der Waals surface area (Å²) in [6, 6.07) is 14.8. The highest BCUT2D eigenvalue weighted by Crippen LogP contribution is 2.23. The summed E-state index contributed by atoms with van der Waals surface area (Å²) in [7, 11) is -1.70. The van der Waals surface area contributed by atoms with Crippen LogP contribution in [0.2, 0.25) is 0 Å². The number of rotatable bonds is 7. The van der Waals surface area contributed by atoms with Crippen LogP contribution in [0.15, 0.2) is 59.2 Å². The number of nitrogens with one attached hydrogen (secondary N) is 1. The number of carbonyl (C=O) groups excluding carboxylic acids is 2. The summed E-state index contributed by atoms with van der Waals surface area (Å²) in [6.07, 6.45) is 3.34. The fraction of sp³-hybridized carbons (Fsp3) is 0.273. The zero-order valence-electron chi connectivity index (χ0n) is 16.5. The summed E-state index contributed by atoms with van der Waals surface area (Å²) in [5.41, 5.74) is 3.12. The molecule has 0 saturated carbocycles. The van der Waals surface area contributed by atoms with E-state index in [1.54, 1.807) is 11.2 Å². The average molecular weight is 406 g/mol. The Morgan fingerprint density at radius 2 is 1.93 bits per heavy atom. The van der Waals surface area contributed by atoms with Gasteiger partial charge in [0.25, 0.3) is 0 Å². The van der Waals surface area contributed by atoms with Crippen LogP contribution in [0, 0.1) is 0 Å². The highest BCUT2D eigenvalue weighted by Gasteiger charge is 2.27. The van der Waals surface area contributed by atoms with Gasteiger partial charge in [-0.3, -0.25) is 9.59 Å². The molecule has 0 radical (unpaired) electrons. The van der Waals surface area contributed by atoms with Gasteiger partial charge in [0.2, 0.25) is 11.8 Å². The van der Waals surface area contributed by atoms with Gasteiger partial charge in [0.1, 0.15) is 5.58 Å². The molecule has 1 atom stereocenters. The Hall–Kier alpha value is -3.10. The second-order valence-electron chi connectivity index (χ2n) is 7.54. The van der Waals surface area contributed by atoms with Crippen LogP contribution in [-0.4, -0.2) is 41.5 Å². The first-order chi connectivity index (χ1) is 14.5. The minimum absolute atomic E-state index is 0.101. The van der Waals surface area contributed by atoms with E-state index in [2.05, 4.69) is 5.32 Å². The molecule has 1 fully saturated rings. The van der Waals surface area contributed by atoms with Crippen LogP contribution < -0.4 is 10.2 Å². The number of amides is 2. The molecule has 0 bridgehead atoms. The molecule has 0 spiro atoms. The SMILES string of the molecule is O=C(Cc1ccc(N2CCCC2=O)cc1)N[C@@H](Cc1coc2ccccc12)B(O)O. The maximum absolute atomic E-state index is 12.5. The van der Waals surface area contributed by atoms with Gasteiger partial charge in [-0.15, -0.1) is 0 Å². The zero-order valence-corrected chi connectivity index (χ0v) is 16.5. The molecule has 1 saturated heterocycles. The van der Waals surface area contributed by atoms with Crippen LogP contribution in [0.3, 0.4) is 0 Å². The van der Waals surface area contributed by atoms with Crippen molar-refractivity contribution < 1.29 is 24.1 Å². The quantitative estimate of drug-likeness (QED) is 0.520. The van der Waals surface area contributed by atoms with E-state index in [9.17, 15) is 19.6 Å². The number of carbonyl (C=O) groups is 2. The first kappa shape index (κ1) is 20.2. The summed E-state index contributed by atoms with van der Waals surface area (Å²) >= 11 is 0. The number of hydrogen-bond acceptors (Lipinski definition) is 5. The Labute approximate surface area is 174 Å². The normalized spacial score (nSPS) is 14.9. The Morgan fingerprint density at radius 3 is 2.63 bits per heavy atom. The molecule has 7 nitrogen and oxygen atoms in total. The largest absolute Gasteiger partial charge is 0.475 e. The Kier molecular flexibility index (Phi) is 5.87. The van der Waals surface area contributed by atoms with Crippen molar-refractivity contribution in [2.75, 3.05) is 11.4 Å². The lowest BCUT2D eigenvalue weighted by molar-refractivity contribution is -0.121. The van der Waals surface area contributed by atoms with Crippen molar-refractivity contribution in [1.29, 1.82) is 0 Å². The molecule has 3 aromatic rings. The first-order valence-corrected chi connectivity index (χ1v) is 10.0. The number of anilines is 1. The molecule has 4 rings (SSSR count). The molecule has 8 heteroatoms. The van der Waals surface area contributed by atoms with E-state index in [-0.39, 0.29) is 24.7 Å². The van der Waals surface area contributed by atoms with Crippen LogP contribution in [0.25, 0.3) is 11.0 Å². The second-order valence-corrected chi connectivity index (χ2v) is 7.54. The van der Waals surface area contributed by atoms with Gasteiger partial charge in [0, 0.05) is 24.0 Å². The lowest BCUT2D eigenvalue weighted by Crippen LogP contribution is -2.48. The van der Waals surface area contributed by atoms with Crippen LogP contribution in [0.1, 0.15) is 24.0 Å². The molecule has 2 amide bonds. The summed E-state index contributed by atoms with van der Waals surface area (Å²) in [6.45, 7) is 0.720. The lowest BCUT2D eigenvalue weighted by Gasteiger charge is -2.18. The number of nitrogens with zero attached hydrogens (tertiary/aromatic N) is 1. The minimum Gasteiger partial charge on any atom is -0.464 e. The third kappa shape index (κ3) is 4.40. The van der Waals surface area contributed by atoms with Crippen molar-refractivity contribution in [3.8, 4) is 0 Å². The van der Waals surface area contributed by atoms with E-state index in [0.29, 0.717) is 12.0 Å². The van der Waals surface area contributed by atoms with Crippen molar-refractivity contribution in [2.24, 2.45) is 0 Å². The molecule has 3 N–H and O–H groups in total. The molecule has 2 aromatic carbocycles. The zero-order chi connectivity index (χ0) is 21.1. The lowest BCUT2D eigenvalue weighted by atomic mass is 9.75. The minimum atomic E-state index is -1.70. The van der Waals surface area contributed by atoms with Crippen LogP contribution in [0.5, 0.6) is 0 Å². The van der Waals surface area contributed by atoms with Gasteiger partial charge in [-0.1, -0.05) is 30.3 Å². The van der Waals surface area contributed by atoms with Crippen molar-refractivity contribution in [1.82, 2.24) is 5.32 Å². The summed E-state index contributed by atoms with van der Waals surface area (Å²) < 4.78 is 5.49. The van der Waals surface area contributed by atoms with Crippen LogP contribution in [0.4, 0.5) is 5.69 Å². The molecule has 154 valence electrons. The molecule has 30 heavy (non-hydrogen) atoms. The molecule has 0 unspecified atom stereocenters. The van der Waals surface area contributed by atoms with Gasteiger partial charge in [0.05, 0.1) is 18.6 Å². The van der Waals surface area contributed by atoms with E-state index >= 15 is 0 Å². The van der Waals surface area contributed by atoms with E-state index < -0.39 is 13.1 Å². The average Bonchev–Trinajstić information content (AvgIpc) is 3.34. The smallest absolute Gasteiger partial charge is 0.464 e. The van der Waals surface area contributed by atoms with E-state index in [1.165, 1.54) is 0 Å². The molecule has 1 aliphatic heterocycles. The molecular formula is C22H23BN2O5. The van der Waals surface area contributed by atoms with Crippen molar-refractivity contribution >= 4 is 35.6 Å². The van der Waals surface area contributed by atoms with E-state index in [4.69, 9.17) is 4.42 Å². The van der Waals surface area contributed by atoms with Gasteiger partial charge in [0.15, 0.2) is 0 Å². The van der Waals surface area contributed by atoms with Gasteiger partial charge in [-0.25, -0.2) is 0 Å². The third-order valence-corrected chi connectivity index (χ3v) is 5.39. The fourth-order valence-electron chi connectivity index (χ4n) is 3.82. The Morgan fingerprint density at radius 1 is 1.17 bits per heavy atom. The predicted molar refractivity (Wildman–Crippen MR) is 114 cm³/mol. The second kappa shape index (κ2) is 8.73. The molecule has 1 aliphatic rings. The van der Waals surface area contributed by atoms with Crippen molar-refractivity contribution in [2.45, 2.75) is 31.6 Å². The summed E-state index contributed by atoms with van der Waals surface area (Å²) in [5.74, 6) is -1.06. The highest BCUT2D eigenvalue weighted by molar-refractivity contribution is 6.43. The molecule has 2 heterocycles. The predicted octanol–water partition coefficient (Wildman–Crippen LogP) is 1.84. The number of benzene rings is 2. The fourth-order valence-corrected chi connectivity index (χ4v) is 3.82. The molecular weight excluding hydrogens is 383 g/mol. The van der Waals surface area contributed by atoms with Gasteiger partial charge in [-0.2, -0.15) is 0 Å². The standard InChI is InChI=1S/C22H23BN2O5/c26-21(12-15-7-9-17(10-8-15)25-11-3-6-22(25)27)24-20(23(28)29)13-16-14-30-19-5-2-1-4-18(16)19/h1-2,4-5,7-10,14,20,28-29H,3,6,11-13H2,(H,24,26)/t20-/m0/s1. The maximum atomic E-state index is 12.5. The van der Waals surface area contributed by atoms with Crippen molar-refractivity contribution in [3.05, 3.63) is 65.9 Å². The van der Waals surface area contributed by atoms with Crippen LogP contribution >= 0.6 is 0 Å². The van der Waals surface area contributed by atoms with E-state index in [0.717, 1.165) is 35.2 Å². The van der Waals surface area contributed by atoms with E-state index in [1.807, 2.05) is 48.5 Å². The van der Waals surface area contributed by atoms with Crippen molar-refractivity contribution in [3.63, 3.8) is 0 Å².